The monoisotopic (exact) mass is 281 g/mol. The summed E-state index contributed by atoms with van der Waals surface area (Å²) in [6.45, 7) is 5.85. The van der Waals surface area contributed by atoms with Gasteiger partial charge in [0.15, 0.2) is 5.65 Å². The van der Waals surface area contributed by atoms with Crippen LogP contribution in [-0.4, -0.2) is 25.7 Å². The van der Waals surface area contributed by atoms with Crippen LogP contribution in [-0.2, 0) is 0 Å². The summed E-state index contributed by atoms with van der Waals surface area (Å²) in [5.74, 6) is -0.995. The van der Waals surface area contributed by atoms with Crippen molar-refractivity contribution in [2.45, 2.75) is 20.8 Å². The maximum Gasteiger partial charge on any atom is 0.339 e. The molecule has 2 aromatic heterocycles. The first kappa shape index (κ1) is 13.3. The Labute approximate surface area is 121 Å². The number of hydrogen-bond acceptors (Lipinski definition) is 3. The first-order valence-corrected chi connectivity index (χ1v) is 6.63. The van der Waals surface area contributed by atoms with Gasteiger partial charge in [-0.05, 0) is 38.0 Å². The molecule has 0 bridgehead atoms. The smallest absolute Gasteiger partial charge is 0.339 e. The van der Waals surface area contributed by atoms with Gasteiger partial charge in [0.1, 0.15) is 0 Å². The molecule has 0 spiro atoms. The van der Waals surface area contributed by atoms with Gasteiger partial charge in [-0.2, -0.15) is 5.10 Å². The molecule has 3 rings (SSSR count). The highest BCUT2D eigenvalue weighted by atomic mass is 16.4. The number of carbonyl (C=O) groups is 1. The third-order valence-corrected chi connectivity index (χ3v) is 3.76. The molecule has 0 amide bonds. The molecule has 5 heteroatoms. The number of rotatable bonds is 2. The number of aromatic nitrogens is 3. The minimum absolute atomic E-state index is 0.164. The van der Waals surface area contributed by atoms with Crippen LogP contribution >= 0.6 is 0 Å². The highest BCUT2D eigenvalue weighted by molar-refractivity contribution is 5.88. The van der Waals surface area contributed by atoms with E-state index in [0.29, 0.717) is 11.3 Å². The van der Waals surface area contributed by atoms with Gasteiger partial charge in [0.2, 0.25) is 0 Å². The van der Waals surface area contributed by atoms with E-state index in [2.05, 4.69) is 36.1 Å². The highest BCUT2D eigenvalue weighted by Gasteiger charge is 2.14. The summed E-state index contributed by atoms with van der Waals surface area (Å²) in [7, 11) is 0. The second kappa shape index (κ2) is 4.70. The van der Waals surface area contributed by atoms with Crippen LogP contribution in [0.4, 0.5) is 0 Å². The predicted molar refractivity (Wildman–Crippen MR) is 79.6 cm³/mol. The largest absolute Gasteiger partial charge is 0.478 e. The van der Waals surface area contributed by atoms with Gasteiger partial charge in [0.05, 0.1) is 17.0 Å². The van der Waals surface area contributed by atoms with E-state index in [9.17, 15) is 4.79 Å². The molecule has 0 atom stereocenters. The molecule has 21 heavy (non-hydrogen) atoms. The number of fused-ring (bicyclic) bond motifs is 1. The zero-order chi connectivity index (χ0) is 15.1. The number of aryl methyl sites for hydroxylation is 3. The Hall–Kier alpha value is -2.69. The lowest BCUT2D eigenvalue weighted by atomic mass is 10.0. The number of carboxylic acid groups (broad SMARTS) is 1. The predicted octanol–water partition coefficient (Wildman–Crippen LogP) is 3.02. The van der Waals surface area contributed by atoms with Crippen molar-refractivity contribution in [1.29, 1.82) is 0 Å². The maximum atomic E-state index is 11.1. The molecule has 2 heterocycles. The van der Waals surface area contributed by atoms with Gasteiger partial charge in [-0.1, -0.05) is 12.1 Å². The average molecular weight is 281 g/mol. The molecule has 1 aromatic carbocycles. The molecule has 0 radical (unpaired) electrons. The Morgan fingerprint density at radius 1 is 1.14 bits per heavy atom. The van der Waals surface area contributed by atoms with E-state index in [1.807, 2.05) is 12.1 Å². The fourth-order valence-corrected chi connectivity index (χ4v) is 2.30. The minimum atomic E-state index is -0.995. The van der Waals surface area contributed by atoms with Crippen LogP contribution < -0.4 is 0 Å². The summed E-state index contributed by atoms with van der Waals surface area (Å²) in [6, 6.07) is 8.00. The molecule has 1 N–H and O–H groups in total. The van der Waals surface area contributed by atoms with Gasteiger partial charge in [-0.15, -0.1) is 0 Å². The van der Waals surface area contributed by atoms with Gasteiger partial charge in [0, 0.05) is 17.8 Å². The summed E-state index contributed by atoms with van der Waals surface area (Å²) in [4.78, 5) is 15.3. The summed E-state index contributed by atoms with van der Waals surface area (Å²) in [6.07, 6.45) is 1.37. The SMILES string of the molecule is Cc1ccc(-c2cc3ncc(C(=O)O)c(C)n3n2)cc1C. The van der Waals surface area contributed by atoms with Crippen LogP contribution in [0.5, 0.6) is 0 Å². The van der Waals surface area contributed by atoms with Crippen molar-refractivity contribution >= 4 is 11.6 Å². The van der Waals surface area contributed by atoms with Gasteiger partial charge < -0.3 is 5.11 Å². The van der Waals surface area contributed by atoms with E-state index in [-0.39, 0.29) is 5.56 Å². The van der Waals surface area contributed by atoms with E-state index in [4.69, 9.17) is 5.11 Å². The average Bonchev–Trinajstić information content (AvgIpc) is 2.87. The summed E-state index contributed by atoms with van der Waals surface area (Å²) in [5, 5.41) is 13.6. The lowest BCUT2D eigenvalue weighted by Gasteiger charge is -2.03. The van der Waals surface area contributed by atoms with Crippen molar-refractivity contribution in [3.63, 3.8) is 0 Å². The molecule has 0 aliphatic heterocycles. The third kappa shape index (κ3) is 2.16. The Balaban J connectivity index is 2.19. The van der Waals surface area contributed by atoms with Crippen molar-refractivity contribution in [1.82, 2.24) is 14.6 Å². The summed E-state index contributed by atoms with van der Waals surface area (Å²) in [5.41, 5.74) is 5.59. The normalized spacial score (nSPS) is 11.0. The summed E-state index contributed by atoms with van der Waals surface area (Å²) >= 11 is 0. The molecule has 0 fully saturated rings. The molecular formula is C16H15N3O2. The molecule has 5 nitrogen and oxygen atoms in total. The summed E-state index contributed by atoms with van der Waals surface area (Å²) < 4.78 is 1.58. The van der Waals surface area contributed by atoms with E-state index in [0.717, 1.165) is 11.3 Å². The first-order valence-electron chi connectivity index (χ1n) is 6.63. The number of benzene rings is 1. The van der Waals surface area contributed by atoms with Crippen molar-refractivity contribution < 1.29 is 9.90 Å². The molecular weight excluding hydrogens is 266 g/mol. The maximum absolute atomic E-state index is 11.1. The molecule has 0 unspecified atom stereocenters. The Bertz CT molecular complexity index is 865. The Morgan fingerprint density at radius 3 is 2.57 bits per heavy atom. The van der Waals surface area contributed by atoms with Crippen LogP contribution in [0.3, 0.4) is 0 Å². The standard InChI is InChI=1S/C16H15N3O2/c1-9-4-5-12(6-10(9)2)14-7-15-17-8-13(16(20)21)11(3)19(15)18-14/h4-8H,1-3H3,(H,20,21). The van der Waals surface area contributed by atoms with Crippen LogP contribution in [0, 0.1) is 20.8 Å². The number of carboxylic acids is 1. The van der Waals surface area contributed by atoms with Crippen molar-refractivity contribution in [2.75, 3.05) is 0 Å². The van der Waals surface area contributed by atoms with E-state index < -0.39 is 5.97 Å². The molecule has 0 saturated heterocycles. The molecule has 106 valence electrons. The van der Waals surface area contributed by atoms with Crippen LogP contribution in [0.15, 0.2) is 30.5 Å². The molecule has 0 saturated carbocycles. The molecule has 0 aliphatic carbocycles. The topological polar surface area (TPSA) is 67.5 Å². The van der Waals surface area contributed by atoms with E-state index in [1.54, 1.807) is 11.4 Å². The fraction of sp³-hybridized carbons (Fsp3) is 0.188. The molecule has 3 aromatic rings. The van der Waals surface area contributed by atoms with E-state index in [1.165, 1.54) is 17.3 Å². The van der Waals surface area contributed by atoms with Crippen LogP contribution in [0.2, 0.25) is 0 Å². The number of aromatic carboxylic acids is 1. The van der Waals surface area contributed by atoms with Crippen molar-refractivity contribution in [3.8, 4) is 11.3 Å². The first-order chi connectivity index (χ1) is 9.97. The minimum Gasteiger partial charge on any atom is -0.478 e. The Morgan fingerprint density at radius 2 is 1.90 bits per heavy atom. The third-order valence-electron chi connectivity index (χ3n) is 3.76. The highest BCUT2D eigenvalue weighted by Crippen LogP contribution is 2.23. The zero-order valence-corrected chi connectivity index (χ0v) is 12.1. The van der Waals surface area contributed by atoms with Gasteiger partial charge in [-0.25, -0.2) is 14.3 Å². The van der Waals surface area contributed by atoms with Gasteiger partial charge in [0.25, 0.3) is 0 Å². The lowest BCUT2D eigenvalue weighted by Crippen LogP contribution is -2.06. The number of hydrogen-bond donors (Lipinski definition) is 1. The number of nitrogens with zero attached hydrogens (tertiary/aromatic N) is 3. The zero-order valence-electron chi connectivity index (χ0n) is 12.1. The van der Waals surface area contributed by atoms with Crippen LogP contribution in [0.25, 0.3) is 16.9 Å². The quantitative estimate of drug-likeness (QED) is 0.784. The second-order valence-electron chi connectivity index (χ2n) is 5.16. The van der Waals surface area contributed by atoms with Gasteiger partial charge in [-0.3, -0.25) is 0 Å². The Kier molecular flexibility index (Phi) is 2.97. The van der Waals surface area contributed by atoms with E-state index >= 15 is 0 Å². The molecule has 0 aliphatic rings. The van der Waals surface area contributed by atoms with Crippen LogP contribution in [0.1, 0.15) is 27.2 Å². The second-order valence-corrected chi connectivity index (χ2v) is 5.16. The lowest BCUT2D eigenvalue weighted by molar-refractivity contribution is 0.0695. The fourth-order valence-electron chi connectivity index (χ4n) is 2.30. The van der Waals surface area contributed by atoms with Crippen molar-refractivity contribution in [3.05, 3.63) is 52.8 Å². The van der Waals surface area contributed by atoms with Crippen molar-refractivity contribution in [2.24, 2.45) is 0 Å². The van der Waals surface area contributed by atoms with Gasteiger partial charge >= 0.3 is 5.97 Å².